The Balaban J connectivity index is 1.76. The first-order valence-corrected chi connectivity index (χ1v) is 12.9. The van der Waals surface area contributed by atoms with Crippen molar-refractivity contribution in [1.82, 2.24) is 14.7 Å². The molecular formula is C25H26F3N5O3S. The maximum atomic E-state index is 13.3. The van der Waals surface area contributed by atoms with Gasteiger partial charge in [-0.15, -0.1) is 0 Å². The fourth-order valence-electron chi connectivity index (χ4n) is 4.59. The number of carbonyl (C=O) groups is 1. The van der Waals surface area contributed by atoms with Crippen LogP contribution in [0, 0.1) is 5.92 Å². The van der Waals surface area contributed by atoms with E-state index in [-0.39, 0.29) is 23.1 Å². The maximum Gasteiger partial charge on any atom is 0.416 e. The number of halogens is 3. The van der Waals surface area contributed by atoms with Gasteiger partial charge in [0.1, 0.15) is 11.6 Å². The van der Waals surface area contributed by atoms with E-state index in [1.807, 2.05) is 23.5 Å². The third kappa shape index (κ3) is 5.53. The minimum absolute atomic E-state index is 0.00492. The van der Waals surface area contributed by atoms with Gasteiger partial charge in [-0.25, -0.2) is 14.7 Å². The highest BCUT2D eigenvalue weighted by Crippen LogP contribution is 2.38. The van der Waals surface area contributed by atoms with Crippen molar-refractivity contribution >= 4 is 27.6 Å². The van der Waals surface area contributed by atoms with E-state index in [1.165, 1.54) is 42.5 Å². The Labute approximate surface area is 212 Å². The molecule has 0 saturated carbocycles. The van der Waals surface area contributed by atoms with Gasteiger partial charge in [-0.05, 0) is 62.6 Å². The van der Waals surface area contributed by atoms with Crippen molar-refractivity contribution in [1.29, 1.82) is 0 Å². The number of anilines is 2. The van der Waals surface area contributed by atoms with Gasteiger partial charge in [0.2, 0.25) is 0 Å². The Morgan fingerprint density at radius 1 is 1.08 bits per heavy atom. The van der Waals surface area contributed by atoms with Crippen LogP contribution in [-0.2, 0) is 16.2 Å². The molecule has 0 spiro atoms. The standard InChI is InChI=1S/C25H26F3N5O3S/c1-15-13-24(2,3)33(14-15)22-18(23(34)32-37(35,36)21-6-4-5-20(29)31-21)11-12-19(30-22)16-7-9-17(10-8-16)25(26,27)28/h4-12,15H,13-14H2,1-3H3,(H2,29,31)(H,32,34)/t15-/m0/s1. The summed E-state index contributed by atoms with van der Waals surface area (Å²) >= 11 is 0. The second-order valence-corrected chi connectivity index (χ2v) is 11.3. The molecule has 0 aliphatic carbocycles. The van der Waals surface area contributed by atoms with E-state index in [1.54, 1.807) is 0 Å². The molecule has 12 heteroatoms. The summed E-state index contributed by atoms with van der Waals surface area (Å²) in [6.45, 7) is 6.58. The van der Waals surface area contributed by atoms with E-state index in [9.17, 15) is 26.4 Å². The third-order valence-electron chi connectivity index (χ3n) is 6.20. The molecule has 1 aliphatic rings. The van der Waals surface area contributed by atoms with Gasteiger partial charge in [0.05, 0.1) is 16.8 Å². The average Bonchev–Trinajstić information content (AvgIpc) is 3.09. The average molecular weight is 534 g/mol. The van der Waals surface area contributed by atoms with Gasteiger partial charge >= 0.3 is 6.18 Å². The van der Waals surface area contributed by atoms with Crippen LogP contribution in [0.25, 0.3) is 11.3 Å². The van der Waals surface area contributed by atoms with E-state index >= 15 is 0 Å². The number of hydrogen-bond acceptors (Lipinski definition) is 7. The summed E-state index contributed by atoms with van der Waals surface area (Å²) in [6.07, 6.45) is -3.68. The van der Waals surface area contributed by atoms with E-state index in [0.29, 0.717) is 17.8 Å². The monoisotopic (exact) mass is 533 g/mol. The second-order valence-electron chi connectivity index (χ2n) is 9.71. The van der Waals surface area contributed by atoms with Crippen molar-refractivity contribution in [2.75, 3.05) is 17.2 Å². The number of carbonyl (C=O) groups excluding carboxylic acids is 1. The second kappa shape index (κ2) is 9.33. The van der Waals surface area contributed by atoms with Crippen LogP contribution in [0.15, 0.2) is 59.6 Å². The number of nitrogens with zero attached hydrogens (tertiary/aromatic N) is 3. The molecule has 1 amide bonds. The molecule has 3 heterocycles. The molecule has 3 aromatic rings. The number of pyridine rings is 2. The number of aromatic nitrogens is 2. The van der Waals surface area contributed by atoms with Gasteiger partial charge in [0.15, 0.2) is 5.03 Å². The van der Waals surface area contributed by atoms with Crippen molar-refractivity contribution < 1.29 is 26.4 Å². The molecule has 1 aliphatic heterocycles. The smallest absolute Gasteiger partial charge is 0.384 e. The number of nitrogens with one attached hydrogen (secondary N) is 1. The van der Waals surface area contributed by atoms with Crippen LogP contribution in [0.4, 0.5) is 24.8 Å². The number of benzene rings is 1. The molecule has 0 bridgehead atoms. The number of amides is 1. The van der Waals surface area contributed by atoms with Crippen molar-refractivity contribution in [2.45, 2.75) is 43.9 Å². The highest BCUT2D eigenvalue weighted by molar-refractivity contribution is 7.90. The molecule has 1 saturated heterocycles. The Morgan fingerprint density at radius 2 is 1.76 bits per heavy atom. The number of nitrogens with two attached hydrogens (primary N) is 1. The lowest BCUT2D eigenvalue weighted by atomic mass is 9.97. The first-order valence-electron chi connectivity index (χ1n) is 11.4. The summed E-state index contributed by atoms with van der Waals surface area (Å²) in [5.41, 5.74) is 5.15. The SMILES string of the molecule is C[C@@H]1CN(c2nc(-c3ccc(C(F)(F)F)cc3)ccc2C(=O)NS(=O)(=O)c2cccc(N)n2)C(C)(C)C1. The molecule has 37 heavy (non-hydrogen) atoms. The van der Waals surface area contributed by atoms with Crippen LogP contribution >= 0.6 is 0 Å². The van der Waals surface area contributed by atoms with Gasteiger partial charge < -0.3 is 10.6 Å². The number of alkyl halides is 3. The number of rotatable bonds is 5. The molecule has 196 valence electrons. The lowest BCUT2D eigenvalue weighted by Gasteiger charge is -2.34. The zero-order chi connectivity index (χ0) is 27.2. The van der Waals surface area contributed by atoms with Crippen LogP contribution < -0.4 is 15.4 Å². The van der Waals surface area contributed by atoms with E-state index in [2.05, 4.69) is 16.9 Å². The van der Waals surface area contributed by atoms with Crippen molar-refractivity contribution in [3.05, 3.63) is 65.7 Å². The van der Waals surface area contributed by atoms with Crippen molar-refractivity contribution in [3.8, 4) is 11.3 Å². The fourth-order valence-corrected chi connectivity index (χ4v) is 5.53. The molecule has 4 rings (SSSR count). The highest BCUT2D eigenvalue weighted by atomic mass is 32.2. The first kappa shape index (κ1) is 26.4. The molecular weight excluding hydrogens is 507 g/mol. The zero-order valence-electron chi connectivity index (χ0n) is 20.4. The van der Waals surface area contributed by atoms with E-state index in [4.69, 9.17) is 5.73 Å². The summed E-state index contributed by atoms with van der Waals surface area (Å²) in [5.74, 6) is -0.435. The van der Waals surface area contributed by atoms with Gasteiger partial charge in [0, 0.05) is 17.6 Å². The maximum absolute atomic E-state index is 13.3. The predicted molar refractivity (Wildman–Crippen MR) is 133 cm³/mol. The quantitative estimate of drug-likeness (QED) is 0.496. The summed E-state index contributed by atoms with van der Waals surface area (Å²) in [6, 6.07) is 11.5. The largest absolute Gasteiger partial charge is 0.416 e. The van der Waals surface area contributed by atoms with Gasteiger partial charge in [0.25, 0.3) is 15.9 Å². The number of sulfonamides is 1. The number of hydrogen-bond donors (Lipinski definition) is 2. The molecule has 1 aromatic carbocycles. The predicted octanol–water partition coefficient (Wildman–Crippen LogP) is 4.49. The Kier molecular flexibility index (Phi) is 6.65. The Bertz CT molecular complexity index is 1440. The summed E-state index contributed by atoms with van der Waals surface area (Å²) in [7, 11) is -4.33. The van der Waals surface area contributed by atoms with Crippen LogP contribution in [0.1, 0.15) is 43.1 Å². The first-order chi connectivity index (χ1) is 17.2. The molecule has 3 N–H and O–H groups in total. The van der Waals surface area contributed by atoms with Crippen LogP contribution in [0.5, 0.6) is 0 Å². The van der Waals surface area contributed by atoms with E-state index < -0.39 is 38.2 Å². The number of nitrogen functional groups attached to an aromatic ring is 1. The molecule has 0 radical (unpaired) electrons. The minimum atomic E-state index is -4.47. The van der Waals surface area contributed by atoms with Crippen molar-refractivity contribution in [2.24, 2.45) is 5.92 Å². The lowest BCUT2D eigenvalue weighted by molar-refractivity contribution is -0.137. The molecule has 1 fully saturated rings. The Morgan fingerprint density at radius 3 is 2.32 bits per heavy atom. The summed E-state index contributed by atoms with van der Waals surface area (Å²) in [4.78, 5) is 23.6. The van der Waals surface area contributed by atoms with Crippen LogP contribution in [0.3, 0.4) is 0 Å². The molecule has 0 unspecified atom stereocenters. The van der Waals surface area contributed by atoms with E-state index in [0.717, 1.165) is 18.6 Å². The van der Waals surface area contributed by atoms with Crippen LogP contribution in [0.2, 0.25) is 0 Å². The van der Waals surface area contributed by atoms with Crippen LogP contribution in [-0.4, -0.2) is 36.4 Å². The third-order valence-corrected chi connectivity index (χ3v) is 7.44. The van der Waals surface area contributed by atoms with Gasteiger partial charge in [-0.1, -0.05) is 25.1 Å². The highest BCUT2D eigenvalue weighted by Gasteiger charge is 2.39. The Hall–Kier alpha value is -3.67. The zero-order valence-corrected chi connectivity index (χ0v) is 21.2. The van der Waals surface area contributed by atoms with Gasteiger partial charge in [-0.3, -0.25) is 4.79 Å². The molecule has 2 aromatic heterocycles. The fraction of sp³-hybridized carbons (Fsp3) is 0.320. The van der Waals surface area contributed by atoms with Crippen molar-refractivity contribution in [3.63, 3.8) is 0 Å². The molecule has 1 atom stereocenters. The normalized spacial score (nSPS) is 17.6. The lowest BCUT2D eigenvalue weighted by Crippen LogP contribution is -2.41. The molecule has 8 nitrogen and oxygen atoms in total. The van der Waals surface area contributed by atoms with Gasteiger partial charge in [-0.2, -0.15) is 21.6 Å². The minimum Gasteiger partial charge on any atom is -0.384 e. The topological polar surface area (TPSA) is 118 Å². The summed E-state index contributed by atoms with van der Waals surface area (Å²) in [5, 5.41) is -0.410. The summed E-state index contributed by atoms with van der Waals surface area (Å²) < 4.78 is 66.7.